The summed E-state index contributed by atoms with van der Waals surface area (Å²) >= 11 is 7.65. The van der Waals surface area contributed by atoms with Gasteiger partial charge in [0.05, 0.1) is 0 Å². The van der Waals surface area contributed by atoms with Crippen molar-refractivity contribution in [3.05, 3.63) is 29.3 Å². The van der Waals surface area contributed by atoms with Crippen LogP contribution in [0.25, 0.3) is 0 Å². The molecule has 1 rings (SSSR count). The van der Waals surface area contributed by atoms with Gasteiger partial charge in [-0.2, -0.15) is 0 Å². The van der Waals surface area contributed by atoms with Crippen LogP contribution in [0.15, 0.2) is 29.2 Å². The molecule has 0 heterocycles. The van der Waals surface area contributed by atoms with E-state index >= 15 is 0 Å². The first-order valence-corrected chi connectivity index (χ1v) is 6.61. The number of terminal acetylenes is 1. The van der Waals surface area contributed by atoms with Gasteiger partial charge in [-0.1, -0.05) is 11.6 Å². The second-order valence-corrected chi connectivity index (χ2v) is 5.02. The maximum atomic E-state index is 5.83. The average molecular weight is 254 g/mol. The number of hydrogen-bond acceptors (Lipinski definition) is 2. The minimum atomic E-state index is 0.469. The molecule has 1 nitrogen and oxygen atoms in total. The number of nitrogens with one attached hydrogen (secondary N) is 1. The van der Waals surface area contributed by atoms with Gasteiger partial charge in [0, 0.05) is 28.1 Å². The lowest BCUT2D eigenvalue weighted by Crippen LogP contribution is -2.27. The Morgan fingerprint density at radius 2 is 2.12 bits per heavy atom. The monoisotopic (exact) mass is 253 g/mol. The lowest BCUT2D eigenvalue weighted by Gasteiger charge is -2.14. The summed E-state index contributed by atoms with van der Waals surface area (Å²) in [7, 11) is 1.98. The third kappa shape index (κ3) is 4.94. The molecule has 0 aliphatic rings. The van der Waals surface area contributed by atoms with Gasteiger partial charge < -0.3 is 5.32 Å². The molecule has 0 aromatic heterocycles. The smallest absolute Gasteiger partial charge is 0.0406 e. The van der Waals surface area contributed by atoms with E-state index in [-0.39, 0.29) is 0 Å². The molecular formula is C13H16ClNS. The van der Waals surface area contributed by atoms with Crippen LogP contribution in [0.2, 0.25) is 5.02 Å². The summed E-state index contributed by atoms with van der Waals surface area (Å²) in [6.07, 6.45) is 7.10. The van der Waals surface area contributed by atoms with Crippen LogP contribution in [0.4, 0.5) is 0 Å². The maximum Gasteiger partial charge on any atom is 0.0406 e. The molecule has 1 unspecified atom stereocenters. The Balaban J connectivity index is 2.37. The largest absolute Gasteiger partial charge is 0.316 e. The van der Waals surface area contributed by atoms with E-state index in [1.54, 1.807) is 0 Å². The van der Waals surface area contributed by atoms with E-state index in [2.05, 4.69) is 11.2 Å². The van der Waals surface area contributed by atoms with E-state index in [1.807, 2.05) is 43.1 Å². The number of hydrogen-bond donors (Lipinski definition) is 1. The lowest BCUT2D eigenvalue weighted by molar-refractivity contribution is 0.582. The molecule has 0 aliphatic carbocycles. The van der Waals surface area contributed by atoms with Crippen molar-refractivity contribution in [2.24, 2.45) is 0 Å². The Hall–Kier alpha value is -0.620. The Morgan fingerprint density at radius 3 is 2.69 bits per heavy atom. The van der Waals surface area contributed by atoms with Gasteiger partial charge in [0.25, 0.3) is 0 Å². The number of benzene rings is 1. The highest BCUT2D eigenvalue weighted by Crippen LogP contribution is 2.21. The standard InChI is InChI=1S/C13H16ClNS/c1-3-4-5-12(15-2)10-16-13-8-6-11(14)7-9-13/h1,6-9,12,15H,4-5,10H2,2H3. The molecule has 16 heavy (non-hydrogen) atoms. The van der Waals surface area contributed by atoms with Gasteiger partial charge >= 0.3 is 0 Å². The predicted molar refractivity (Wildman–Crippen MR) is 73.1 cm³/mol. The van der Waals surface area contributed by atoms with Crippen molar-refractivity contribution in [1.29, 1.82) is 0 Å². The Labute approximate surface area is 107 Å². The topological polar surface area (TPSA) is 12.0 Å². The van der Waals surface area contributed by atoms with Crippen molar-refractivity contribution in [3.8, 4) is 12.3 Å². The van der Waals surface area contributed by atoms with Crippen LogP contribution in [0.5, 0.6) is 0 Å². The summed E-state index contributed by atoms with van der Waals surface area (Å²) in [5, 5.41) is 4.06. The summed E-state index contributed by atoms with van der Waals surface area (Å²) in [6, 6.07) is 8.39. The van der Waals surface area contributed by atoms with Crippen LogP contribution in [0.1, 0.15) is 12.8 Å². The summed E-state index contributed by atoms with van der Waals surface area (Å²) in [5.74, 6) is 3.70. The normalized spacial score (nSPS) is 12.1. The zero-order valence-electron chi connectivity index (χ0n) is 9.37. The summed E-state index contributed by atoms with van der Waals surface area (Å²) < 4.78 is 0. The van der Waals surface area contributed by atoms with Crippen LogP contribution in [-0.4, -0.2) is 18.8 Å². The maximum absolute atomic E-state index is 5.83. The van der Waals surface area contributed by atoms with Crippen molar-refractivity contribution < 1.29 is 0 Å². The Kier molecular flexibility index (Phi) is 6.40. The second kappa shape index (κ2) is 7.62. The Bertz CT molecular complexity index is 342. The summed E-state index contributed by atoms with van der Waals surface area (Å²) in [6.45, 7) is 0. The van der Waals surface area contributed by atoms with E-state index in [9.17, 15) is 0 Å². The molecule has 1 aromatic carbocycles. The third-order valence-corrected chi connectivity index (χ3v) is 3.74. The summed E-state index contributed by atoms with van der Waals surface area (Å²) in [5.41, 5.74) is 0. The van der Waals surface area contributed by atoms with Gasteiger partial charge in [0.15, 0.2) is 0 Å². The van der Waals surface area contributed by atoms with Gasteiger partial charge in [0.1, 0.15) is 0 Å². The van der Waals surface area contributed by atoms with Crippen LogP contribution < -0.4 is 5.32 Å². The first-order valence-electron chi connectivity index (χ1n) is 5.25. The summed E-state index contributed by atoms with van der Waals surface area (Å²) in [4.78, 5) is 1.24. The number of thioether (sulfide) groups is 1. The Morgan fingerprint density at radius 1 is 1.44 bits per heavy atom. The quantitative estimate of drug-likeness (QED) is 0.616. The molecule has 0 radical (unpaired) electrons. The van der Waals surface area contributed by atoms with Gasteiger partial charge in [-0.05, 0) is 37.7 Å². The molecule has 0 amide bonds. The molecule has 3 heteroatoms. The predicted octanol–water partition coefficient (Wildman–Crippen LogP) is 3.43. The fraction of sp³-hybridized carbons (Fsp3) is 0.385. The van der Waals surface area contributed by atoms with E-state index in [1.165, 1.54) is 4.90 Å². The molecule has 0 spiro atoms. The fourth-order valence-corrected chi connectivity index (χ4v) is 2.48. The molecule has 0 bridgehead atoms. The molecule has 0 fully saturated rings. The van der Waals surface area contributed by atoms with Crippen molar-refractivity contribution in [1.82, 2.24) is 5.32 Å². The minimum absolute atomic E-state index is 0.469. The molecule has 1 N–H and O–H groups in total. The van der Waals surface area contributed by atoms with Crippen LogP contribution >= 0.6 is 23.4 Å². The molecule has 1 atom stereocenters. The highest BCUT2D eigenvalue weighted by Gasteiger charge is 2.05. The zero-order valence-corrected chi connectivity index (χ0v) is 10.9. The minimum Gasteiger partial charge on any atom is -0.316 e. The lowest BCUT2D eigenvalue weighted by atomic mass is 10.2. The van der Waals surface area contributed by atoms with Gasteiger partial charge in [-0.25, -0.2) is 0 Å². The van der Waals surface area contributed by atoms with Crippen molar-refractivity contribution in [2.75, 3.05) is 12.8 Å². The van der Waals surface area contributed by atoms with Crippen LogP contribution in [-0.2, 0) is 0 Å². The second-order valence-electron chi connectivity index (χ2n) is 3.49. The van der Waals surface area contributed by atoms with Crippen LogP contribution in [0.3, 0.4) is 0 Å². The highest BCUT2D eigenvalue weighted by molar-refractivity contribution is 7.99. The van der Waals surface area contributed by atoms with E-state index in [4.69, 9.17) is 18.0 Å². The van der Waals surface area contributed by atoms with Crippen molar-refractivity contribution in [3.63, 3.8) is 0 Å². The van der Waals surface area contributed by atoms with E-state index < -0.39 is 0 Å². The van der Waals surface area contributed by atoms with E-state index in [0.717, 1.165) is 23.6 Å². The number of rotatable bonds is 6. The van der Waals surface area contributed by atoms with Gasteiger partial charge in [-0.3, -0.25) is 0 Å². The molecule has 0 saturated heterocycles. The fourth-order valence-electron chi connectivity index (χ4n) is 1.30. The van der Waals surface area contributed by atoms with E-state index in [0.29, 0.717) is 6.04 Å². The molecule has 1 aromatic rings. The molecule has 0 saturated carbocycles. The highest BCUT2D eigenvalue weighted by atomic mass is 35.5. The average Bonchev–Trinajstić information content (AvgIpc) is 2.32. The molecule has 86 valence electrons. The van der Waals surface area contributed by atoms with Crippen molar-refractivity contribution >= 4 is 23.4 Å². The molecule has 0 aliphatic heterocycles. The molecular weight excluding hydrogens is 238 g/mol. The number of halogens is 1. The first-order chi connectivity index (χ1) is 7.76. The first kappa shape index (κ1) is 13.4. The van der Waals surface area contributed by atoms with Gasteiger partial charge in [-0.15, -0.1) is 24.1 Å². The third-order valence-electron chi connectivity index (χ3n) is 2.31. The van der Waals surface area contributed by atoms with Gasteiger partial charge in [0.2, 0.25) is 0 Å². The zero-order chi connectivity index (χ0) is 11.8. The van der Waals surface area contributed by atoms with Crippen molar-refractivity contribution in [2.45, 2.75) is 23.8 Å². The SMILES string of the molecule is C#CCCC(CSc1ccc(Cl)cc1)NC. The van der Waals surface area contributed by atoms with Crippen LogP contribution in [0, 0.1) is 12.3 Å².